The lowest BCUT2D eigenvalue weighted by Crippen LogP contribution is -2.01. The number of nitrogens with zero attached hydrogens (tertiary/aromatic N) is 2. The second kappa shape index (κ2) is 6.38. The molecule has 0 spiro atoms. The van der Waals surface area contributed by atoms with E-state index < -0.39 is 11.6 Å². The molecule has 2 aromatic carbocycles. The number of aromatic nitrogens is 1. The Hall–Kier alpha value is -2.78. The SMILES string of the molecule is N#Cc1c(-c2ccc(F)cc2F)cc(-c2cccc(Br)c2)nc1N. The van der Waals surface area contributed by atoms with Gasteiger partial charge in [-0.25, -0.2) is 13.8 Å². The van der Waals surface area contributed by atoms with Gasteiger partial charge in [-0.15, -0.1) is 0 Å². The summed E-state index contributed by atoms with van der Waals surface area (Å²) >= 11 is 3.38. The number of rotatable bonds is 2. The molecule has 0 saturated carbocycles. The predicted octanol–water partition coefficient (Wildman–Crippen LogP) is 4.91. The van der Waals surface area contributed by atoms with Crippen LogP contribution >= 0.6 is 15.9 Å². The molecule has 0 aliphatic heterocycles. The van der Waals surface area contributed by atoms with Gasteiger partial charge in [0, 0.05) is 27.2 Å². The Balaban J connectivity index is 2.27. The molecule has 0 aliphatic carbocycles. The van der Waals surface area contributed by atoms with Crippen molar-refractivity contribution >= 4 is 21.7 Å². The van der Waals surface area contributed by atoms with Crippen LogP contribution in [0.1, 0.15) is 5.56 Å². The zero-order valence-corrected chi connectivity index (χ0v) is 13.8. The van der Waals surface area contributed by atoms with Crippen molar-refractivity contribution < 1.29 is 8.78 Å². The first-order chi connectivity index (χ1) is 11.5. The Bertz CT molecular complexity index is 980. The maximum Gasteiger partial charge on any atom is 0.142 e. The average molecular weight is 386 g/mol. The lowest BCUT2D eigenvalue weighted by molar-refractivity contribution is 0.585. The number of anilines is 1. The second-order valence-electron chi connectivity index (χ2n) is 5.06. The van der Waals surface area contributed by atoms with E-state index in [1.807, 2.05) is 30.3 Å². The highest BCUT2D eigenvalue weighted by Gasteiger charge is 2.16. The Morgan fingerprint density at radius 3 is 2.50 bits per heavy atom. The van der Waals surface area contributed by atoms with Gasteiger partial charge in [0.2, 0.25) is 0 Å². The number of hydrogen-bond donors (Lipinski definition) is 1. The van der Waals surface area contributed by atoms with Crippen molar-refractivity contribution in [2.45, 2.75) is 0 Å². The highest BCUT2D eigenvalue weighted by molar-refractivity contribution is 9.10. The number of nitrogens with two attached hydrogens (primary N) is 1. The van der Waals surface area contributed by atoms with Gasteiger partial charge in [-0.05, 0) is 30.3 Å². The van der Waals surface area contributed by atoms with Crippen LogP contribution in [0.5, 0.6) is 0 Å². The predicted molar refractivity (Wildman–Crippen MR) is 91.9 cm³/mol. The van der Waals surface area contributed by atoms with E-state index in [-0.39, 0.29) is 22.5 Å². The zero-order chi connectivity index (χ0) is 17.3. The summed E-state index contributed by atoms with van der Waals surface area (Å²) in [5.74, 6) is -1.46. The first-order valence-corrected chi connectivity index (χ1v) is 7.71. The summed E-state index contributed by atoms with van der Waals surface area (Å²) in [6.07, 6.45) is 0. The summed E-state index contributed by atoms with van der Waals surface area (Å²) in [6, 6.07) is 14.0. The smallest absolute Gasteiger partial charge is 0.142 e. The maximum atomic E-state index is 14.2. The van der Waals surface area contributed by atoms with Crippen LogP contribution in [0.4, 0.5) is 14.6 Å². The van der Waals surface area contributed by atoms with E-state index in [1.165, 1.54) is 6.07 Å². The second-order valence-corrected chi connectivity index (χ2v) is 5.98. The van der Waals surface area contributed by atoms with Crippen molar-refractivity contribution in [2.24, 2.45) is 0 Å². The number of nitrogen functional groups attached to an aromatic ring is 1. The van der Waals surface area contributed by atoms with E-state index in [0.29, 0.717) is 5.69 Å². The lowest BCUT2D eigenvalue weighted by Gasteiger charge is -2.11. The summed E-state index contributed by atoms with van der Waals surface area (Å²) in [6.45, 7) is 0. The average Bonchev–Trinajstić information content (AvgIpc) is 2.54. The summed E-state index contributed by atoms with van der Waals surface area (Å²) in [5, 5.41) is 9.34. The van der Waals surface area contributed by atoms with Crippen LogP contribution in [0, 0.1) is 23.0 Å². The third-order valence-electron chi connectivity index (χ3n) is 3.50. The number of halogens is 3. The molecule has 6 heteroatoms. The van der Waals surface area contributed by atoms with E-state index in [9.17, 15) is 14.0 Å². The molecular weight excluding hydrogens is 376 g/mol. The zero-order valence-electron chi connectivity index (χ0n) is 12.2. The van der Waals surface area contributed by atoms with Gasteiger partial charge in [0.1, 0.15) is 29.1 Å². The minimum Gasteiger partial charge on any atom is -0.383 e. The van der Waals surface area contributed by atoms with E-state index >= 15 is 0 Å². The highest BCUT2D eigenvalue weighted by Crippen LogP contribution is 2.33. The van der Waals surface area contributed by atoms with E-state index in [2.05, 4.69) is 20.9 Å². The Morgan fingerprint density at radius 2 is 1.83 bits per heavy atom. The molecule has 2 N–H and O–H groups in total. The van der Waals surface area contributed by atoms with Crippen LogP contribution in [0.25, 0.3) is 22.4 Å². The molecule has 0 atom stereocenters. The van der Waals surface area contributed by atoms with Crippen molar-refractivity contribution in [2.75, 3.05) is 5.73 Å². The van der Waals surface area contributed by atoms with Gasteiger partial charge in [-0.1, -0.05) is 28.1 Å². The first-order valence-electron chi connectivity index (χ1n) is 6.91. The van der Waals surface area contributed by atoms with Gasteiger partial charge in [-0.2, -0.15) is 5.26 Å². The van der Waals surface area contributed by atoms with Crippen LogP contribution < -0.4 is 5.73 Å². The molecule has 0 radical (unpaired) electrons. The van der Waals surface area contributed by atoms with Crippen LogP contribution in [-0.2, 0) is 0 Å². The molecule has 118 valence electrons. The quantitative estimate of drug-likeness (QED) is 0.681. The molecule has 0 aliphatic rings. The molecule has 1 heterocycles. The van der Waals surface area contributed by atoms with Crippen molar-refractivity contribution in [3.63, 3.8) is 0 Å². The molecule has 0 unspecified atom stereocenters. The van der Waals surface area contributed by atoms with Gasteiger partial charge in [0.25, 0.3) is 0 Å². The van der Waals surface area contributed by atoms with Crippen LogP contribution in [0.3, 0.4) is 0 Å². The van der Waals surface area contributed by atoms with Crippen LogP contribution in [0.15, 0.2) is 53.0 Å². The molecular formula is C18H10BrF2N3. The topological polar surface area (TPSA) is 62.7 Å². The summed E-state index contributed by atoms with van der Waals surface area (Å²) in [4.78, 5) is 4.23. The number of pyridine rings is 1. The number of hydrogen-bond acceptors (Lipinski definition) is 3. The molecule has 3 rings (SSSR count). The molecule has 3 aromatic rings. The van der Waals surface area contributed by atoms with Crippen molar-refractivity contribution in [1.82, 2.24) is 4.98 Å². The van der Waals surface area contributed by atoms with Gasteiger partial charge >= 0.3 is 0 Å². The lowest BCUT2D eigenvalue weighted by atomic mass is 9.98. The van der Waals surface area contributed by atoms with Crippen LogP contribution in [0.2, 0.25) is 0 Å². The summed E-state index contributed by atoms with van der Waals surface area (Å²) in [7, 11) is 0. The first kappa shape index (κ1) is 16.1. The fourth-order valence-electron chi connectivity index (χ4n) is 2.40. The molecule has 0 bridgehead atoms. The van der Waals surface area contributed by atoms with Crippen molar-refractivity contribution in [3.05, 3.63) is 70.2 Å². The fraction of sp³-hybridized carbons (Fsp3) is 0. The third kappa shape index (κ3) is 2.99. The van der Waals surface area contributed by atoms with Gasteiger partial charge in [0.05, 0.1) is 5.69 Å². The molecule has 3 nitrogen and oxygen atoms in total. The minimum absolute atomic E-state index is 0.00583. The van der Waals surface area contributed by atoms with Crippen LogP contribution in [-0.4, -0.2) is 4.98 Å². The van der Waals surface area contributed by atoms with Gasteiger partial charge in [-0.3, -0.25) is 0 Å². The minimum atomic E-state index is -0.766. The number of benzene rings is 2. The molecule has 0 fully saturated rings. The largest absolute Gasteiger partial charge is 0.383 e. The van der Waals surface area contributed by atoms with Crippen molar-refractivity contribution in [1.29, 1.82) is 5.26 Å². The van der Waals surface area contributed by atoms with Crippen molar-refractivity contribution in [3.8, 4) is 28.5 Å². The maximum absolute atomic E-state index is 14.2. The molecule has 24 heavy (non-hydrogen) atoms. The van der Waals surface area contributed by atoms with E-state index in [4.69, 9.17) is 5.73 Å². The summed E-state index contributed by atoms with van der Waals surface area (Å²) in [5.41, 5.74) is 7.56. The standard InChI is InChI=1S/C18H10BrF2N3/c19-11-3-1-2-10(6-11)17-8-14(15(9-22)18(23)24-17)13-5-4-12(20)7-16(13)21/h1-8H,(H2,23,24). The Kier molecular flexibility index (Phi) is 4.28. The normalized spacial score (nSPS) is 10.4. The number of nitriles is 1. The summed E-state index contributed by atoms with van der Waals surface area (Å²) < 4.78 is 28.2. The van der Waals surface area contributed by atoms with E-state index in [1.54, 1.807) is 6.07 Å². The van der Waals surface area contributed by atoms with Gasteiger partial charge in [0.15, 0.2) is 0 Å². The monoisotopic (exact) mass is 385 g/mol. The molecule has 0 amide bonds. The third-order valence-corrected chi connectivity index (χ3v) is 3.99. The van der Waals surface area contributed by atoms with Gasteiger partial charge < -0.3 is 5.73 Å². The molecule has 0 saturated heterocycles. The Labute approximate surface area is 145 Å². The fourth-order valence-corrected chi connectivity index (χ4v) is 2.80. The van der Waals surface area contributed by atoms with E-state index in [0.717, 1.165) is 22.2 Å². The molecule has 1 aromatic heterocycles. The highest BCUT2D eigenvalue weighted by atomic mass is 79.9. The Morgan fingerprint density at radius 1 is 1.04 bits per heavy atom.